The van der Waals surface area contributed by atoms with Crippen LogP contribution in [0, 0.1) is 0 Å². The molecule has 0 heterocycles. The second-order valence-corrected chi connectivity index (χ2v) is 7.33. The number of aromatic hydroxyl groups is 1. The highest BCUT2D eigenvalue weighted by Gasteiger charge is 2.31. The molecule has 0 aliphatic rings. The summed E-state index contributed by atoms with van der Waals surface area (Å²) >= 11 is 0. The maximum atomic E-state index is 14.0. The van der Waals surface area contributed by atoms with Crippen molar-refractivity contribution >= 4 is 12.1 Å². The summed E-state index contributed by atoms with van der Waals surface area (Å²) in [6.07, 6.45) is 3.35. The first-order chi connectivity index (χ1) is 14.9. The summed E-state index contributed by atoms with van der Waals surface area (Å²) in [6.45, 7) is 0.286. The zero-order valence-corrected chi connectivity index (χ0v) is 17.4. The van der Waals surface area contributed by atoms with Crippen molar-refractivity contribution in [3.63, 3.8) is 0 Å². The number of aliphatic hydroxyl groups excluding tert-OH is 1. The number of unbranched alkanes of at least 4 members (excludes halogenated alkanes) is 3. The first kappa shape index (κ1) is 24.7. The summed E-state index contributed by atoms with van der Waals surface area (Å²) < 4.78 is 33.1. The fourth-order valence-corrected chi connectivity index (χ4v) is 3.10. The first-order valence-electron chi connectivity index (χ1n) is 10.4. The molecule has 2 aromatic rings. The van der Waals surface area contributed by atoms with Gasteiger partial charge in [0.15, 0.2) is 0 Å². The quantitative estimate of drug-likeness (QED) is 0.148. The zero-order chi connectivity index (χ0) is 22.5. The van der Waals surface area contributed by atoms with E-state index in [1.165, 1.54) is 18.2 Å². The molecular weight excluding hydrogens is 406 g/mol. The van der Waals surface area contributed by atoms with Gasteiger partial charge in [0.05, 0.1) is 5.69 Å². The van der Waals surface area contributed by atoms with Gasteiger partial charge in [-0.15, -0.1) is 0 Å². The van der Waals surface area contributed by atoms with E-state index in [-0.39, 0.29) is 17.9 Å². The van der Waals surface area contributed by atoms with Crippen LogP contribution in [-0.4, -0.2) is 42.6 Å². The number of carbonyl (C=O) groups is 1. The Labute approximate surface area is 181 Å². The topological polar surface area (TPSA) is 90.8 Å². The number of anilines is 1. The van der Waals surface area contributed by atoms with E-state index in [0.717, 1.165) is 24.8 Å². The Kier molecular flexibility index (Phi) is 10.4. The highest BCUT2D eigenvalue weighted by Crippen LogP contribution is 2.28. The van der Waals surface area contributed by atoms with Crippen LogP contribution in [0.1, 0.15) is 36.8 Å². The molecule has 0 aliphatic heterocycles. The largest absolute Gasteiger partial charge is 0.506 e. The van der Waals surface area contributed by atoms with Crippen LogP contribution in [0.3, 0.4) is 0 Å². The van der Waals surface area contributed by atoms with Crippen LogP contribution in [0.25, 0.3) is 0 Å². The molecule has 1 unspecified atom stereocenters. The number of ether oxygens (including phenoxy) is 1. The molecule has 6 nitrogen and oxygen atoms in total. The van der Waals surface area contributed by atoms with Crippen LogP contribution >= 0.6 is 0 Å². The molecule has 2 aromatic carbocycles. The predicted molar refractivity (Wildman–Crippen MR) is 115 cm³/mol. The van der Waals surface area contributed by atoms with E-state index in [1.54, 1.807) is 30.3 Å². The van der Waals surface area contributed by atoms with Gasteiger partial charge in [0.1, 0.15) is 18.6 Å². The van der Waals surface area contributed by atoms with Gasteiger partial charge in [-0.2, -0.15) is 8.78 Å². The van der Waals surface area contributed by atoms with Crippen molar-refractivity contribution in [3.05, 3.63) is 59.7 Å². The average molecular weight is 436 g/mol. The Morgan fingerprint density at radius 1 is 1.06 bits per heavy atom. The van der Waals surface area contributed by atoms with Crippen LogP contribution in [0.5, 0.6) is 5.75 Å². The number of benzene rings is 2. The Balaban J connectivity index is 1.52. The lowest BCUT2D eigenvalue weighted by molar-refractivity contribution is -0.105. The van der Waals surface area contributed by atoms with Gasteiger partial charge in [0.25, 0.3) is 5.92 Å². The number of amides is 1. The SMILES string of the molecule is O=CNc1cc(CC(O)NCCCCCCOCC(F)(F)c2ccccc2)ccc1O. The number of nitrogens with one attached hydrogen (secondary N) is 2. The molecule has 1 amide bonds. The minimum Gasteiger partial charge on any atom is -0.506 e. The van der Waals surface area contributed by atoms with Gasteiger partial charge in [0.2, 0.25) is 6.41 Å². The Morgan fingerprint density at radius 3 is 2.55 bits per heavy atom. The van der Waals surface area contributed by atoms with Gasteiger partial charge < -0.3 is 20.3 Å². The minimum atomic E-state index is -2.98. The third kappa shape index (κ3) is 9.00. The fourth-order valence-electron chi connectivity index (χ4n) is 3.10. The number of hydrogen-bond donors (Lipinski definition) is 4. The molecule has 8 heteroatoms. The number of aliphatic hydroxyl groups is 1. The van der Waals surface area contributed by atoms with Gasteiger partial charge in [-0.05, 0) is 37.1 Å². The van der Waals surface area contributed by atoms with Crippen molar-refractivity contribution in [2.45, 2.75) is 44.3 Å². The molecule has 170 valence electrons. The monoisotopic (exact) mass is 436 g/mol. The lowest BCUT2D eigenvalue weighted by Gasteiger charge is -2.16. The number of phenols is 1. The highest BCUT2D eigenvalue weighted by atomic mass is 19.3. The molecule has 4 N–H and O–H groups in total. The van der Waals surface area contributed by atoms with E-state index in [2.05, 4.69) is 10.6 Å². The minimum absolute atomic E-state index is 0.0361. The highest BCUT2D eigenvalue weighted by molar-refractivity contribution is 5.75. The van der Waals surface area contributed by atoms with E-state index in [0.29, 0.717) is 31.5 Å². The third-order valence-electron chi connectivity index (χ3n) is 4.78. The van der Waals surface area contributed by atoms with E-state index in [4.69, 9.17) is 4.74 Å². The van der Waals surface area contributed by atoms with Gasteiger partial charge in [-0.3, -0.25) is 10.1 Å². The van der Waals surface area contributed by atoms with Crippen LogP contribution in [0.15, 0.2) is 48.5 Å². The molecule has 0 aromatic heterocycles. The molecule has 0 aliphatic carbocycles. The maximum Gasteiger partial charge on any atom is 0.296 e. The van der Waals surface area contributed by atoms with E-state index < -0.39 is 18.8 Å². The lowest BCUT2D eigenvalue weighted by Crippen LogP contribution is -2.31. The number of alkyl halides is 2. The summed E-state index contributed by atoms with van der Waals surface area (Å²) in [5, 5.41) is 25.1. The van der Waals surface area contributed by atoms with Gasteiger partial charge >= 0.3 is 0 Å². The fraction of sp³-hybridized carbons (Fsp3) is 0.435. The molecule has 0 saturated carbocycles. The number of rotatable bonds is 15. The Hall–Kier alpha value is -2.55. The average Bonchev–Trinajstić information content (AvgIpc) is 2.75. The summed E-state index contributed by atoms with van der Waals surface area (Å²) in [4.78, 5) is 10.5. The van der Waals surface area contributed by atoms with Crippen LogP contribution in [0.2, 0.25) is 0 Å². The predicted octanol–water partition coefficient (Wildman–Crippen LogP) is 3.78. The molecule has 0 saturated heterocycles. The standard InChI is InChI=1S/C23H30F2N2O4/c24-23(25,19-8-4-3-5-9-19)16-31-13-7-2-1-6-12-26-22(30)15-18-10-11-21(29)20(14-18)27-17-28/h3-5,8-11,14,17,22,26,29-30H,1-2,6-7,12-13,15-16H2,(H,27,28). The molecule has 2 rings (SSSR count). The summed E-state index contributed by atoms with van der Waals surface area (Å²) in [6, 6.07) is 12.4. The first-order valence-corrected chi connectivity index (χ1v) is 10.4. The van der Waals surface area contributed by atoms with Crippen molar-refractivity contribution in [1.82, 2.24) is 5.32 Å². The molecule has 31 heavy (non-hydrogen) atoms. The van der Waals surface area contributed by atoms with Gasteiger partial charge in [0, 0.05) is 18.6 Å². The van der Waals surface area contributed by atoms with Crippen molar-refractivity contribution in [2.24, 2.45) is 0 Å². The number of phenolic OH excluding ortho intramolecular Hbond substituents is 1. The number of carbonyl (C=O) groups excluding carboxylic acids is 1. The Bertz CT molecular complexity index is 790. The van der Waals surface area contributed by atoms with Crippen molar-refractivity contribution in [2.75, 3.05) is 25.1 Å². The molecular formula is C23H30F2N2O4. The summed E-state index contributed by atoms with van der Waals surface area (Å²) in [5.41, 5.74) is 1.03. The zero-order valence-electron chi connectivity index (χ0n) is 17.4. The Morgan fingerprint density at radius 2 is 1.81 bits per heavy atom. The van der Waals surface area contributed by atoms with E-state index in [1.807, 2.05) is 0 Å². The molecule has 1 atom stereocenters. The van der Waals surface area contributed by atoms with E-state index >= 15 is 0 Å². The molecule has 0 bridgehead atoms. The van der Waals surface area contributed by atoms with Crippen molar-refractivity contribution < 1.29 is 28.5 Å². The smallest absolute Gasteiger partial charge is 0.296 e. The molecule has 0 radical (unpaired) electrons. The lowest BCUT2D eigenvalue weighted by atomic mass is 10.1. The second kappa shape index (κ2) is 13.0. The summed E-state index contributed by atoms with van der Waals surface area (Å²) in [5.74, 6) is -3.02. The number of halogens is 2. The second-order valence-electron chi connectivity index (χ2n) is 7.33. The van der Waals surface area contributed by atoms with Gasteiger partial charge in [-0.1, -0.05) is 49.2 Å². The molecule has 0 spiro atoms. The van der Waals surface area contributed by atoms with Crippen LogP contribution < -0.4 is 10.6 Å². The van der Waals surface area contributed by atoms with Gasteiger partial charge in [-0.25, -0.2) is 0 Å². The molecule has 0 fully saturated rings. The van der Waals surface area contributed by atoms with Crippen LogP contribution in [-0.2, 0) is 21.9 Å². The van der Waals surface area contributed by atoms with Crippen molar-refractivity contribution in [1.29, 1.82) is 0 Å². The normalized spacial score (nSPS) is 12.5. The number of hydrogen-bond acceptors (Lipinski definition) is 5. The van der Waals surface area contributed by atoms with E-state index in [9.17, 15) is 23.8 Å². The van der Waals surface area contributed by atoms with Crippen molar-refractivity contribution in [3.8, 4) is 5.75 Å². The third-order valence-corrected chi connectivity index (χ3v) is 4.78. The van der Waals surface area contributed by atoms with Crippen LogP contribution in [0.4, 0.5) is 14.5 Å². The maximum absolute atomic E-state index is 14.0. The summed E-state index contributed by atoms with van der Waals surface area (Å²) in [7, 11) is 0.